The summed E-state index contributed by atoms with van der Waals surface area (Å²) in [4.78, 5) is 44.5. The topological polar surface area (TPSA) is 112 Å². The Bertz CT molecular complexity index is 974. The number of nitrogens with one attached hydrogen (secondary N) is 2. The highest BCUT2D eigenvalue weighted by Gasteiger charge is 2.26. The van der Waals surface area contributed by atoms with E-state index < -0.39 is 12.1 Å². The highest BCUT2D eigenvalue weighted by atomic mass is 32.1. The summed E-state index contributed by atoms with van der Waals surface area (Å²) in [5.74, 6) is -0.462. The van der Waals surface area contributed by atoms with E-state index in [9.17, 15) is 19.5 Å². The molecule has 0 unspecified atom stereocenters. The van der Waals surface area contributed by atoms with Gasteiger partial charge in [0.15, 0.2) is 0 Å². The molecule has 0 saturated carbocycles. The molecule has 0 spiro atoms. The lowest BCUT2D eigenvalue weighted by atomic mass is 10.1. The van der Waals surface area contributed by atoms with Gasteiger partial charge in [-0.3, -0.25) is 14.6 Å². The molecule has 3 aromatic heterocycles. The second kappa shape index (κ2) is 12.7. The molecular weight excluding hydrogens is 460 g/mol. The fourth-order valence-corrected chi connectivity index (χ4v) is 4.73. The Labute approximate surface area is 200 Å². The summed E-state index contributed by atoms with van der Waals surface area (Å²) in [6.07, 6.45) is 3.41. The lowest BCUT2D eigenvalue weighted by molar-refractivity contribution is -0.134. The first-order valence-electron chi connectivity index (χ1n) is 10.5. The third-order valence-corrected chi connectivity index (χ3v) is 6.61. The van der Waals surface area contributed by atoms with Crippen LogP contribution in [0.4, 0.5) is 4.79 Å². The molecule has 8 nitrogen and oxygen atoms in total. The zero-order chi connectivity index (χ0) is 23.5. The number of carboxylic acid groups (broad SMARTS) is 1. The van der Waals surface area contributed by atoms with Crippen LogP contribution >= 0.6 is 22.7 Å². The molecule has 33 heavy (non-hydrogen) atoms. The van der Waals surface area contributed by atoms with Gasteiger partial charge >= 0.3 is 6.09 Å². The monoisotopic (exact) mass is 486 g/mol. The second-order valence-electron chi connectivity index (χ2n) is 7.35. The largest absolute Gasteiger partial charge is 0.465 e. The standard InChI is InChI=1S/C23H26N4O4S2/c28-21(17-6-3-10-24-14-17)25-11-2-1-9-20(26-23(30)31)22(29)27(15-18-7-4-12-32-18)16-19-8-5-13-33-19/h3-8,10,12-14,20,26H,1-2,9,11,15-16H2,(H,25,28)(H,30,31)/t20-/m0/s1. The molecule has 0 aliphatic heterocycles. The molecular formula is C23H26N4O4S2. The van der Waals surface area contributed by atoms with Crippen LogP contribution in [-0.2, 0) is 17.9 Å². The van der Waals surface area contributed by atoms with Crippen molar-refractivity contribution in [2.45, 2.75) is 38.4 Å². The SMILES string of the molecule is O=C(O)N[C@@H](CCCCNC(=O)c1cccnc1)C(=O)N(Cc1cccs1)Cc1cccs1. The Morgan fingerprint density at radius 1 is 1.00 bits per heavy atom. The number of amides is 3. The van der Waals surface area contributed by atoms with E-state index in [0.29, 0.717) is 44.5 Å². The summed E-state index contributed by atoms with van der Waals surface area (Å²) >= 11 is 3.12. The summed E-state index contributed by atoms with van der Waals surface area (Å²) in [5.41, 5.74) is 0.482. The first-order chi connectivity index (χ1) is 16.0. The summed E-state index contributed by atoms with van der Waals surface area (Å²) in [6, 6.07) is 10.3. The van der Waals surface area contributed by atoms with Gasteiger partial charge in [0, 0.05) is 28.7 Å². The molecule has 3 N–H and O–H groups in total. The first kappa shape index (κ1) is 24.4. The molecule has 0 aliphatic rings. The number of thiophene rings is 2. The van der Waals surface area contributed by atoms with Gasteiger partial charge in [-0.15, -0.1) is 22.7 Å². The average molecular weight is 487 g/mol. The van der Waals surface area contributed by atoms with Gasteiger partial charge in [-0.25, -0.2) is 4.79 Å². The van der Waals surface area contributed by atoms with Gasteiger partial charge in [0.1, 0.15) is 6.04 Å². The Balaban J connectivity index is 1.56. The van der Waals surface area contributed by atoms with E-state index in [4.69, 9.17) is 0 Å². The lowest BCUT2D eigenvalue weighted by Crippen LogP contribution is -2.47. The minimum absolute atomic E-state index is 0.211. The van der Waals surface area contributed by atoms with Crippen molar-refractivity contribution in [2.75, 3.05) is 6.54 Å². The van der Waals surface area contributed by atoms with E-state index in [1.54, 1.807) is 45.9 Å². The zero-order valence-corrected chi connectivity index (χ0v) is 19.6. The van der Waals surface area contributed by atoms with Crippen molar-refractivity contribution in [1.82, 2.24) is 20.5 Å². The van der Waals surface area contributed by atoms with Crippen LogP contribution in [-0.4, -0.2) is 45.5 Å². The number of hydrogen-bond acceptors (Lipinski definition) is 6. The molecule has 0 saturated heterocycles. The van der Waals surface area contributed by atoms with E-state index >= 15 is 0 Å². The van der Waals surface area contributed by atoms with Crippen molar-refractivity contribution in [1.29, 1.82) is 0 Å². The van der Waals surface area contributed by atoms with Crippen LogP contribution in [0, 0.1) is 0 Å². The highest BCUT2D eigenvalue weighted by molar-refractivity contribution is 7.10. The molecule has 0 aliphatic carbocycles. The summed E-state index contributed by atoms with van der Waals surface area (Å²) in [5, 5.41) is 18.4. The number of rotatable bonds is 12. The van der Waals surface area contributed by atoms with Crippen molar-refractivity contribution in [2.24, 2.45) is 0 Å². The van der Waals surface area contributed by atoms with Crippen molar-refractivity contribution in [3.63, 3.8) is 0 Å². The number of carbonyl (C=O) groups is 3. The van der Waals surface area contributed by atoms with Crippen LogP contribution in [0.15, 0.2) is 59.6 Å². The number of pyridine rings is 1. The molecule has 0 radical (unpaired) electrons. The Hall–Kier alpha value is -3.24. The molecule has 10 heteroatoms. The predicted molar refractivity (Wildman–Crippen MR) is 128 cm³/mol. The predicted octanol–water partition coefficient (Wildman–Crippen LogP) is 3.97. The average Bonchev–Trinajstić information content (AvgIpc) is 3.52. The Morgan fingerprint density at radius 3 is 2.24 bits per heavy atom. The third kappa shape index (κ3) is 7.99. The van der Waals surface area contributed by atoms with Crippen LogP contribution in [0.25, 0.3) is 0 Å². The van der Waals surface area contributed by atoms with Gasteiger partial charge in [-0.2, -0.15) is 0 Å². The lowest BCUT2D eigenvalue weighted by Gasteiger charge is -2.27. The molecule has 3 rings (SSSR count). The van der Waals surface area contributed by atoms with E-state index in [1.807, 2.05) is 35.0 Å². The number of nitrogens with zero attached hydrogens (tertiary/aromatic N) is 2. The fourth-order valence-electron chi connectivity index (χ4n) is 3.29. The fraction of sp³-hybridized carbons (Fsp3) is 0.304. The van der Waals surface area contributed by atoms with E-state index in [-0.39, 0.29) is 11.8 Å². The molecule has 0 fully saturated rings. The van der Waals surface area contributed by atoms with Crippen LogP contribution in [0.5, 0.6) is 0 Å². The quantitative estimate of drug-likeness (QED) is 0.336. The number of hydrogen-bond donors (Lipinski definition) is 3. The van der Waals surface area contributed by atoms with Crippen molar-refractivity contribution < 1.29 is 19.5 Å². The Kier molecular flexibility index (Phi) is 9.40. The van der Waals surface area contributed by atoms with E-state index in [0.717, 1.165) is 9.75 Å². The van der Waals surface area contributed by atoms with E-state index in [2.05, 4.69) is 15.6 Å². The summed E-state index contributed by atoms with van der Waals surface area (Å²) in [6.45, 7) is 1.27. The van der Waals surface area contributed by atoms with Crippen molar-refractivity contribution in [3.8, 4) is 0 Å². The minimum atomic E-state index is -1.23. The maximum absolute atomic E-state index is 13.3. The molecule has 174 valence electrons. The highest BCUT2D eigenvalue weighted by Crippen LogP contribution is 2.19. The maximum atomic E-state index is 13.3. The molecule has 1 atom stereocenters. The minimum Gasteiger partial charge on any atom is -0.465 e. The molecule has 0 aromatic carbocycles. The van der Waals surface area contributed by atoms with Crippen LogP contribution < -0.4 is 10.6 Å². The van der Waals surface area contributed by atoms with Gasteiger partial charge in [0.25, 0.3) is 5.91 Å². The van der Waals surface area contributed by atoms with Gasteiger partial charge < -0.3 is 20.6 Å². The molecule has 3 heterocycles. The van der Waals surface area contributed by atoms with Crippen LogP contribution in [0.2, 0.25) is 0 Å². The second-order valence-corrected chi connectivity index (χ2v) is 9.41. The van der Waals surface area contributed by atoms with Crippen LogP contribution in [0.1, 0.15) is 39.4 Å². The smallest absolute Gasteiger partial charge is 0.405 e. The first-order valence-corrected chi connectivity index (χ1v) is 12.3. The zero-order valence-electron chi connectivity index (χ0n) is 18.0. The van der Waals surface area contributed by atoms with Gasteiger partial charge in [0.2, 0.25) is 5.91 Å². The van der Waals surface area contributed by atoms with Crippen molar-refractivity contribution >= 4 is 40.6 Å². The van der Waals surface area contributed by atoms with Gasteiger partial charge in [0.05, 0.1) is 18.7 Å². The number of aromatic nitrogens is 1. The van der Waals surface area contributed by atoms with Gasteiger partial charge in [-0.1, -0.05) is 12.1 Å². The normalized spacial score (nSPS) is 11.5. The van der Waals surface area contributed by atoms with E-state index in [1.165, 1.54) is 6.20 Å². The maximum Gasteiger partial charge on any atom is 0.405 e. The molecule has 3 aromatic rings. The van der Waals surface area contributed by atoms with Crippen molar-refractivity contribution in [3.05, 3.63) is 74.9 Å². The third-order valence-electron chi connectivity index (χ3n) is 4.89. The number of unbranched alkanes of at least 4 members (excludes halogenated alkanes) is 1. The van der Waals surface area contributed by atoms with Crippen LogP contribution in [0.3, 0.4) is 0 Å². The summed E-state index contributed by atoms with van der Waals surface area (Å²) < 4.78 is 0. The summed E-state index contributed by atoms with van der Waals surface area (Å²) in [7, 11) is 0. The molecule has 0 bridgehead atoms. The van der Waals surface area contributed by atoms with Gasteiger partial charge in [-0.05, 0) is 54.3 Å². The number of carbonyl (C=O) groups excluding carboxylic acids is 2. The molecule has 3 amide bonds. The Morgan fingerprint density at radius 2 is 1.70 bits per heavy atom.